The topological polar surface area (TPSA) is 78.1 Å². The van der Waals surface area contributed by atoms with Crippen LogP contribution in [0.5, 0.6) is 0 Å². The van der Waals surface area contributed by atoms with Gasteiger partial charge < -0.3 is 0 Å². The summed E-state index contributed by atoms with van der Waals surface area (Å²) in [5.41, 5.74) is 1.15. The number of halogens is 1. The van der Waals surface area contributed by atoms with E-state index in [0.29, 0.717) is 22.3 Å². The van der Waals surface area contributed by atoms with Gasteiger partial charge in [0.15, 0.2) is 5.82 Å². The van der Waals surface area contributed by atoms with Crippen molar-refractivity contribution in [2.75, 3.05) is 11.4 Å². The molecule has 1 aliphatic heterocycles. The third kappa shape index (κ3) is 1.83. The number of urea groups is 1. The molecule has 0 aliphatic carbocycles. The van der Waals surface area contributed by atoms with Crippen LogP contribution in [-0.4, -0.2) is 28.7 Å². The summed E-state index contributed by atoms with van der Waals surface area (Å²) in [6.45, 7) is 1.89. The fraction of sp³-hybridized carbons (Fsp3) is 0.250. The number of H-pyrrole nitrogens is 1. The number of amides is 3. The summed E-state index contributed by atoms with van der Waals surface area (Å²) < 4.78 is 13.6. The number of fused-ring (bicyclic) bond motifs is 1. The van der Waals surface area contributed by atoms with Gasteiger partial charge in [-0.05, 0) is 24.6 Å². The van der Waals surface area contributed by atoms with Crippen LogP contribution in [0.1, 0.15) is 12.0 Å². The number of carbonyl (C=O) groups excluding carboxylic acids is 2. The molecule has 6 nitrogen and oxygen atoms in total. The van der Waals surface area contributed by atoms with Crippen molar-refractivity contribution in [1.29, 1.82) is 0 Å². The molecule has 98 valence electrons. The van der Waals surface area contributed by atoms with Crippen LogP contribution in [0.2, 0.25) is 0 Å². The van der Waals surface area contributed by atoms with Crippen LogP contribution >= 0.6 is 0 Å². The molecule has 0 saturated carbocycles. The van der Waals surface area contributed by atoms with E-state index in [-0.39, 0.29) is 24.7 Å². The molecule has 3 amide bonds. The van der Waals surface area contributed by atoms with Gasteiger partial charge in [-0.3, -0.25) is 20.1 Å². The van der Waals surface area contributed by atoms with Gasteiger partial charge in [-0.15, -0.1) is 0 Å². The second-order valence-electron chi connectivity index (χ2n) is 4.45. The van der Waals surface area contributed by atoms with Gasteiger partial charge in [0.2, 0.25) is 5.91 Å². The number of carbonyl (C=O) groups is 2. The zero-order valence-corrected chi connectivity index (χ0v) is 10.2. The third-order valence-electron chi connectivity index (χ3n) is 3.13. The van der Waals surface area contributed by atoms with Crippen LogP contribution in [0.25, 0.3) is 10.9 Å². The molecule has 0 unspecified atom stereocenters. The summed E-state index contributed by atoms with van der Waals surface area (Å²) in [5.74, 6) is -0.342. The monoisotopic (exact) mass is 262 g/mol. The van der Waals surface area contributed by atoms with E-state index in [1.54, 1.807) is 13.0 Å². The lowest BCUT2D eigenvalue weighted by molar-refractivity contribution is -0.120. The third-order valence-corrected chi connectivity index (χ3v) is 3.13. The average molecular weight is 262 g/mol. The van der Waals surface area contributed by atoms with E-state index in [1.807, 2.05) is 0 Å². The average Bonchev–Trinajstić information content (AvgIpc) is 2.73. The predicted octanol–water partition coefficient (Wildman–Crippen LogP) is 1.46. The molecular formula is C12H11FN4O2. The number of aromatic nitrogens is 2. The van der Waals surface area contributed by atoms with Gasteiger partial charge in [-0.2, -0.15) is 5.10 Å². The van der Waals surface area contributed by atoms with E-state index in [0.717, 1.165) is 0 Å². The first-order valence-corrected chi connectivity index (χ1v) is 5.82. The highest BCUT2D eigenvalue weighted by atomic mass is 19.1. The quantitative estimate of drug-likeness (QED) is 0.816. The lowest BCUT2D eigenvalue weighted by atomic mass is 10.1. The minimum absolute atomic E-state index is 0.203. The molecule has 3 rings (SSSR count). The van der Waals surface area contributed by atoms with Crippen LogP contribution in [0, 0.1) is 12.7 Å². The molecule has 0 bridgehead atoms. The van der Waals surface area contributed by atoms with Crippen LogP contribution in [-0.2, 0) is 4.79 Å². The summed E-state index contributed by atoms with van der Waals surface area (Å²) in [5, 5.41) is 9.53. The van der Waals surface area contributed by atoms with E-state index in [2.05, 4.69) is 15.5 Å². The number of rotatable bonds is 1. The van der Waals surface area contributed by atoms with Crippen LogP contribution < -0.4 is 10.2 Å². The summed E-state index contributed by atoms with van der Waals surface area (Å²) in [6.07, 6.45) is 0.203. The number of hydrogen-bond donors (Lipinski definition) is 2. The van der Waals surface area contributed by atoms with Crippen LogP contribution in [0.4, 0.5) is 15.0 Å². The Labute approximate surface area is 107 Å². The van der Waals surface area contributed by atoms with Crippen molar-refractivity contribution in [2.24, 2.45) is 0 Å². The number of nitrogens with zero attached hydrogens (tertiary/aromatic N) is 2. The first kappa shape index (κ1) is 11.6. The molecule has 2 heterocycles. The molecule has 0 radical (unpaired) electrons. The van der Waals surface area contributed by atoms with Gasteiger partial charge in [0, 0.05) is 18.4 Å². The Kier molecular flexibility index (Phi) is 2.48. The lowest BCUT2D eigenvalue weighted by Gasteiger charge is -2.24. The lowest BCUT2D eigenvalue weighted by Crippen LogP contribution is -2.49. The van der Waals surface area contributed by atoms with E-state index in [1.165, 1.54) is 11.0 Å². The predicted molar refractivity (Wildman–Crippen MR) is 66.3 cm³/mol. The molecule has 7 heteroatoms. The largest absolute Gasteiger partial charge is 0.329 e. The van der Waals surface area contributed by atoms with Crippen molar-refractivity contribution < 1.29 is 14.0 Å². The van der Waals surface area contributed by atoms with Crippen molar-refractivity contribution in [3.8, 4) is 0 Å². The number of benzene rings is 1. The number of aryl methyl sites for hydroxylation is 1. The van der Waals surface area contributed by atoms with Gasteiger partial charge in [0.05, 0.1) is 5.52 Å². The first-order chi connectivity index (χ1) is 9.06. The number of nitrogens with one attached hydrogen (secondary N) is 2. The number of aromatic amines is 1. The zero-order chi connectivity index (χ0) is 13.6. The molecule has 0 spiro atoms. The summed E-state index contributed by atoms with van der Waals surface area (Å²) in [4.78, 5) is 24.2. The Morgan fingerprint density at radius 2 is 2.16 bits per heavy atom. The minimum Gasteiger partial charge on any atom is -0.278 e. The van der Waals surface area contributed by atoms with Gasteiger partial charge in [-0.1, -0.05) is 0 Å². The van der Waals surface area contributed by atoms with Gasteiger partial charge >= 0.3 is 6.03 Å². The highest BCUT2D eigenvalue weighted by molar-refractivity contribution is 6.08. The fourth-order valence-electron chi connectivity index (χ4n) is 2.10. The standard InChI is InChI=1S/C12H11FN4O2/c1-6-4-9-7(5-8(6)13)11(16-15-9)17-3-2-10(18)14-12(17)19/h4-5H,2-3H2,1H3,(H,15,16)(H,14,18,19). The fourth-order valence-corrected chi connectivity index (χ4v) is 2.10. The van der Waals surface area contributed by atoms with Crippen molar-refractivity contribution in [2.45, 2.75) is 13.3 Å². The first-order valence-electron chi connectivity index (χ1n) is 5.82. The maximum atomic E-state index is 13.6. The summed E-state index contributed by atoms with van der Waals surface area (Å²) in [6, 6.07) is 2.44. The Balaban J connectivity index is 2.08. The van der Waals surface area contributed by atoms with Crippen molar-refractivity contribution in [1.82, 2.24) is 15.5 Å². The molecule has 2 aromatic rings. The van der Waals surface area contributed by atoms with Crippen LogP contribution in [0.15, 0.2) is 12.1 Å². The molecule has 1 aromatic heterocycles. The SMILES string of the molecule is Cc1cc2[nH]nc(N3CCC(=O)NC3=O)c2cc1F. The Hall–Kier alpha value is -2.44. The minimum atomic E-state index is -0.536. The number of imide groups is 1. The number of hydrogen-bond acceptors (Lipinski definition) is 3. The molecular weight excluding hydrogens is 251 g/mol. The van der Waals surface area contributed by atoms with Gasteiger partial charge in [0.1, 0.15) is 5.82 Å². The van der Waals surface area contributed by atoms with E-state index in [9.17, 15) is 14.0 Å². The second kappa shape index (κ2) is 4.04. The highest BCUT2D eigenvalue weighted by Crippen LogP contribution is 2.27. The molecule has 1 saturated heterocycles. The molecule has 2 N–H and O–H groups in total. The van der Waals surface area contributed by atoms with Gasteiger partial charge in [0.25, 0.3) is 0 Å². The van der Waals surface area contributed by atoms with Crippen molar-refractivity contribution >= 4 is 28.7 Å². The van der Waals surface area contributed by atoms with Crippen molar-refractivity contribution in [3.63, 3.8) is 0 Å². The van der Waals surface area contributed by atoms with E-state index in [4.69, 9.17) is 0 Å². The summed E-state index contributed by atoms with van der Waals surface area (Å²) >= 11 is 0. The molecule has 1 fully saturated rings. The highest BCUT2D eigenvalue weighted by Gasteiger charge is 2.27. The second-order valence-corrected chi connectivity index (χ2v) is 4.45. The normalized spacial score (nSPS) is 16.0. The van der Waals surface area contributed by atoms with E-state index >= 15 is 0 Å². The molecule has 1 aromatic carbocycles. The van der Waals surface area contributed by atoms with E-state index < -0.39 is 6.03 Å². The molecule has 1 aliphatic rings. The van der Waals surface area contributed by atoms with Crippen molar-refractivity contribution in [3.05, 3.63) is 23.5 Å². The zero-order valence-electron chi connectivity index (χ0n) is 10.2. The Morgan fingerprint density at radius 3 is 2.89 bits per heavy atom. The molecule has 0 atom stereocenters. The molecule has 19 heavy (non-hydrogen) atoms. The van der Waals surface area contributed by atoms with Crippen LogP contribution in [0.3, 0.4) is 0 Å². The maximum Gasteiger partial charge on any atom is 0.329 e. The smallest absolute Gasteiger partial charge is 0.278 e. The number of anilines is 1. The Bertz CT molecular complexity index is 694. The summed E-state index contributed by atoms with van der Waals surface area (Å²) in [7, 11) is 0. The van der Waals surface area contributed by atoms with Gasteiger partial charge in [-0.25, -0.2) is 9.18 Å². The Morgan fingerprint density at radius 1 is 1.37 bits per heavy atom. The maximum absolute atomic E-state index is 13.6.